The van der Waals surface area contributed by atoms with E-state index in [0.717, 1.165) is 12.3 Å². The SMILES string of the molecule is CN1CCC(CCN=C=O)CC1. The predicted molar refractivity (Wildman–Crippen MR) is 47.8 cm³/mol. The van der Waals surface area contributed by atoms with E-state index in [0.29, 0.717) is 6.54 Å². The number of hydrogen-bond donors (Lipinski definition) is 0. The molecule has 0 atom stereocenters. The van der Waals surface area contributed by atoms with Crippen LogP contribution >= 0.6 is 0 Å². The maximum Gasteiger partial charge on any atom is 0.234 e. The molecule has 1 aliphatic rings. The highest BCUT2D eigenvalue weighted by atomic mass is 16.1. The third kappa shape index (κ3) is 3.16. The molecule has 0 unspecified atom stereocenters. The summed E-state index contributed by atoms with van der Waals surface area (Å²) in [6, 6.07) is 0. The van der Waals surface area contributed by atoms with E-state index < -0.39 is 0 Å². The van der Waals surface area contributed by atoms with E-state index in [1.807, 2.05) is 0 Å². The largest absolute Gasteiger partial charge is 0.306 e. The molecule has 3 heteroatoms. The van der Waals surface area contributed by atoms with Crippen molar-refractivity contribution in [2.45, 2.75) is 19.3 Å². The quantitative estimate of drug-likeness (QED) is 0.466. The molecule has 1 fully saturated rings. The molecule has 1 rings (SSSR count). The Labute approximate surface area is 73.5 Å². The summed E-state index contributed by atoms with van der Waals surface area (Å²) in [5, 5.41) is 0. The molecule has 3 nitrogen and oxygen atoms in total. The lowest BCUT2D eigenvalue weighted by molar-refractivity contribution is 0.214. The van der Waals surface area contributed by atoms with Gasteiger partial charge in [-0.1, -0.05) is 0 Å². The lowest BCUT2D eigenvalue weighted by Crippen LogP contribution is -2.30. The molecular formula is C9H16N2O. The van der Waals surface area contributed by atoms with Crippen molar-refractivity contribution < 1.29 is 4.79 Å². The lowest BCUT2D eigenvalue weighted by Gasteiger charge is -2.28. The van der Waals surface area contributed by atoms with E-state index in [-0.39, 0.29) is 0 Å². The van der Waals surface area contributed by atoms with E-state index in [1.54, 1.807) is 6.08 Å². The second-order valence-corrected chi connectivity index (χ2v) is 3.51. The number of carbonyl (C=O) groups excluding carboxylic acids is 1. The van der Waals surface area contributed by atoms with Crippen molar-refractivity contribution in [2.75, 3.05) is 26.7 Å². The molecule has 0 N–H and O–H groups in total. The van der Waals surface area contributed by atoms with E-state index in [9.17, 15) is 4.79 Å². The molecule has 0 saturated carbocycles. The van der Waals surface area contributed by atoms with Gasteiger partial charge in [-0.05, 0) is 45.3 Å². The third-order valence-electron chi connectivity index (χ3n) is 2.55. The Morgan fingerprint density at radius 2 is 2.17 bits per heavy atom. The normalized spacial score (nSPS) is 20.4. The molecule has 1 aliphatic heterocycles. The minimum absolute atomic E-state index is 0.665. The topological polar surface area (TPSA) is 32.7 Å². The van der Waals surface area contributed by atoms with Gasteiger partial charge in [0.1, 0.15) is 0 Å². The Bertz CT molecular complexity index is 167. The molecule has 0 bridgehead atoms. The fourth-order valence-corrected chi connectivity index (χ4v) is 1.64. The minimum Gasteiger partial charge on any atom is -0.306 e. The average Bonchev–Trinajstić information content (AvgIpc) is 2.09. The number of hydrogen-bond acceptors (Lipinski definition) is 3. The van der Waals surface area contributed by atoms with Crippen molar-refractivity contribution in [2.24, 2.45) is 10.9 Å². The molecular weight excluding hydrogens is 152 g/mol. The first kappa shape index (κ1) is 9.43. The molecule has 0 aromatic carbocycles. The molecule has 1 saturated heterocycles. The van der Waals surface area contributed by atoms with Crippen molar-refractivity contribution in [1.82, 2.24) is 4.90 Å². The lowest BCUT2D eigenvalue weighted by atomic mass is 9.94. The predicted octanol–water partition coefficient (Wildman–Crippen LogP) is 1.05. The van der Waals surface area contributed by atoms with Crippen LogP contribution in [0.1, 0.15) is 19.3 Å². The van der Waals surface area contributed by atoms with Crippen LogP contribution in [0.15, 0.2) is 4.99 Å². The summed E-state index contributed by atoms with van der Waals surface area (Å²) in [5.74, 6) is 0.776. The van der Waals surface area contributed by atoms with Gasteiger partial charge in [0.15, 0.2) is 0 Å². The molecule has 68 valence electrons. The minimum atomic E-state index is 0.665. The van der Waals surface area contributed by atoms with Crippen LogP contribution in [0.25, 0.3) is 0 Å². The van der Waals surface area contributed by atoms with Gasteiger partial charge < -0.3 is 4.90 Å². The molecule has 0 amide bonds. The van der Waals surface area contributed by atoms with Crippen LogP contribution in [0.3, 0.4) is 0 Å². The van der Waals surface area contributed by atoms with E-state index in [2.05, 4.69) is 16.9 Å². The first-order valence-electron chi connectivity index (χ1n) is 4.55. The molecule has 0 spiro atoms. The van der Waals surface area contributed by atoms with Gasteiger partial charge in [-0.3, -0.25) is 0 Å². The Hall–Kier alpha value is -0.660. The number of aliphatic imine (C=N–C) groups is 1. The highest BCUT2D eigenvalue weighted by Gasteiger charge is 2.15. The second-order valence-electron chi connectivity index (χ2n) is 3.51. The van der Waals surface area contributed by atoms with Crippen LogP contribution in [0.2, 0.25) is 0 Å². The molecule has 0 radical (unpaired) electrons. The smallest absolute Gasteiger partial charge is 0.234 e. The highest BCUT2D eigenvalue weighted by molar-refractivity contribution is 5.32. The van der Waals surface area contributed by atoms with Gasteiger partial charge >= 0.3 is 0 Å². The zero-order chi connectivity index (χ0) is 8.81. The standard InChI is InChI=1S/C9H16N2O/c1-11-6-3-9(4-7-11)2-5-10-8-12/h9H,2-7H2,1H3. The summed E-state index contributed by atoms with van der Waals surface area (Å²) in [4.78, 5) is 15.7. The average molecular weight is 168 g/mol. The molecule has 0 aliphatic carbocycles. The van der Waals surface area contributed by atoms with Crippen molar-refractivity contribution in [3.05, 3.63) is 0 Å². The Morgan fingerprint density at radius 3 is 2.75 bits per heavy atom. The van der Waals surface area contributed by atoms with Crippen LogP contribution < -0.4 is 0 Å². The van der Waals surface area contributed by atoms with Crippen molar-refractivity contribution in [1.29, 1.82) is 0 Å². The summed E-state index contributed by atoms with van der Waals surface area (Å²) < 4.78 is 0. The Kier molecular flexibility index (Phi) is 3.98. The second kappa shape index (κ2) is 5.07. The zero-order valence-electron chi connectivity index (χ0n) is 7.62. The van der Waals surface area contributed by atoms with Gasteiger partial charge in [-0.2, -0.15) is 0 Å². The number of rotatable bonds is 3. The van der Waals surface area contributed by atoms with Crippen LogP contribution in [0.4, 0.5) is 0 Å². The van der Waals surface area contributed by atoms with Gasteiger partial charge in [-0.25, -0.2) is 9.79 Å². The Balaban J connectivity index is 2.13. The fourth-order valence-electron chi connectivity index (χ4n) is 1.64. The van der Waals surface area contributed by atoms with E-state index in [4.69, 9.17) is 0 Å². The fraction of sp³-hybridized carbons (Fsp3) is 0.889. The summed E-state index contributed by atoms with van der Waals surface area (Å²) in [6.07, 6.45) is 5.15. The molecule has 0 aromatic rings. The van der Waals surface area contributed by atoms with Gasteiger partial charge in [0.2, 0.25) is 6.08 Å². The van der Waals surface area contributed by atoms with E-state index in [1.165, 1.54) is 25.9 Å². The molecule has 1 heterocycles. The van der Waals surface area contributed by atoms with Gasteiger partial charge in [0.05, 0.1) is 6.54 Å². The number of likely N-dealkylation sites (tertiary alicyclic amines) is 1. The first-order valence-corrected chi connectivity index (χ1v) is 4.55. The van der Waals surface area contributed by atoms with E-state index >= 15 is 0 Å². The number of piperidine rings is 1. The van der Waals surface area contributed by atoms with Crippen LogP contribution in [0, 0.1) is 5.92 Å². The summed E-state index contributed by atoms with van der Waals surface area (Å²) in [7, 11) is 2.15. The van der Waals surface area contributed by atoms with Gasteiger partial charge in [0.25, 0.3) is 0 Å². The maximum absolute atomic E-state index is 9.80. The number of nitrogens with zero attached hydrogens (tertiary/aromatic N) is 2. The first-order chi connectivity index (χ1) is 5.83. The van der Waals surface area contributed by atoms with Crippen LogP contribution in [0.5, 0.6) is 0 Å². The highest BCUT2D eigenvalue weighted by Crippen LogP contribution is 2.18. The monoisotopic (exact) mass is 168 g/mol. The summed E-state index contributed by atoms with van der Waals surface area (Å²) in [5.41, 5.74) is 0. The third-order valence-corrected chi connectivity index (χ3v) is 2.55. The van der Waals surface area contributed by atoms with Gasteiger partial charge in [-0.15, -0.1) is 0 Å². The summed E-state index contributed by atoms with van der Waals surface area (Å²) >= 11 is 0. The van der Waals surface area contributed by atoms with Crippen molar-refractivity contribution >= 4 is 6.08 Å². The summed E-state index contributed by atoms with van der Waals surface area (Å²) in [6.45, 7) is 3.04. The van der Waals surface area contributed by atoms with Crippen molar-refractivity contribution in [3.8, 4) is 0 Å². The number of isocyanates is 1. The maximum atomic E-state index is 9.80. The zero-order valence-corrected chi connectivity index (χ0v) is 7.62. The van der Waals surface area contributed by atoms with Crippen LogP contribution in [-0.2, 0) is 4.79 Å². The van der Waals surface area contributed by atoms with Crippen molar-refractivity contribution in [3.63, 3.8) is 0 Å². The molecule has 0 aromatic heterocycles. The van der Waals surface area contributed by atoms with Crippen LogP contribution in [-0.4, -0.2) is 37.7 Å². The van der Waals surface area contributed by atoms with Gasteiger partial charge in [0, 0.05) is 0 Å². The molecule has 12 heavy (non-hydrogen) atoms. The Morgan fingerprint density at radius 1 is 1.50 bits per heavy atom.